The summed E-state index contributed by atoms with van der Waals surface area (Å²) in [6, 6.07) is 7.00. The Morgan fingerprint density at radius 2 is 2.06 bits per heavy atom. The Labute approximate surface area is 105 Å². The summed E-state index contributed by atoms with van der Waals surface area (Å²) in [5, 5.41) is 0. The van der Waals surface area contributed by atoms with Crippen molar-refractivity contribution in [2.75, 3.05) is 19.6 Å². The molecule has 1 heterocycles. The zero-order valence-corrected chi connectivity index (χ0v) is 10.9. The van der Waals surface area contributed by atoms with Crippen LogP contribution in [0.25, 0.3) is 0 Å². The van der Waals surface area contributed by atoms with Crippen LogP contribution in [-0.4, -0.2) is 24.5 Å². The molecule has 1 aliphatic heterocycles. The molecule has 2 aliphatic rings. The smallest absolute Gasteiger partial charge is 0.00506 e. The molecule has 0 bridgehead atoms. The molecule has 3 rings (SSSR count). The number of benzene rings is 1. The first-order valence-electron chi connectivity index (χ1n) is 7.21. The minimum atomic E-state index is 0.823. The molecule has 1 heteroatoms. The van der Waals surface area contributed by atoms with Gasteiger partial charge in [-0.15, -0.1) is 0 Å². The fraction of sp³-hybridized carbons (Fsp3) is 0.625. The van der Waals surface area contributed by atoms with Crippen LogP contribution in [0.3, 0.4) is 0 Å². The van der Waals surface area contributed by atoms with Gasteiger partial charge in [-0.1, -0.05) is 25.1 Å². The lowest BCUT2D eigenvalue weighted by Gasteiger charge is -2.29. The highest BCUT2D eigenvalue weighted by atomic mass is 15.1. The topological polar surface area (TPSA) is 3.24 Å². The molecule has 0 N–H and O–H groups in total. The van der Waals surface area contributed by atoms with Crippen LogP contribution >= 0.6 is 0 Å². The zero-order valence-electron chi connectivity index (χ0n) is 10.9. The summed E-state index contributed by atoms with van der Waals surface area (Å²) in [5.41, 5.74) is 5.03. The molecule has 0 saturated heterocycles. The normalized spacial score (nSPS) is 24.2. The van der Waals surface area contributed by atoms with Gasteiger partial charge in [-0.25, -0.2) is 0 Å². The molecule has 1 atom stereocenters. The first kappa shape index (κ1) is 11.3. The quantitative estimate of drug-likeness (QED) is 0.751. The van der Waals surface area contributed by atoms with Crippen molar-refractivity contribution in [2.24, 2.45) is 0 Å². The standard InChI is InChI=1S/C16H23N/c1-2-10-17-11-9-14-7-3-5-13-6-4-8-15(12-17)16(13)14/h3,5,7,15H,2,4,6,8-12H2,1H3/t15-/m0/s1. The second-order valence-corrected chi connectivity index (χ2v) is 5.63. The predicted molar refractivity (Wildman–Crippen MR) is 72.6 cm³/mol. The van der Waals surface area contributed by atoms with Gasteiger partial charge in [0.1, 0.15) is 0 Å². The maximum absolute atomic E-state index is 2.68. The molecule has 1 aromatic rings. The molecule has 0 fully saturated rings. The molecule has 1 nitrogen and oxygen atoms in total. The van der Waals surface area contributed by atoms with Gasteiger partial charge in [0.15, 0.2) is 0 Å². The van der Waals surface area contributed by atoms with Gasteiger partial charge in [-0.2, -0.15) is 0 Å². The van der Waals surface area contributed by atoms with Crippen molar-refractivity contribution in [3.05, 3.63) is 34.9 Å². The molecule has 0 spiro atoms. The van der Waals surface area contributed by atoms with Gasteiger partial charge in [0.05, 0.1) is 0 Å². The molecule has 0 saturated carbocycles. The molecule has 0 aromatic heterocycles. The Balaban J connectivity index is 1.93. The van der Waals surface area contributed by atoms with Crippen LogP contribution in [0.4, 0.5) is 0 Å². The van der Waals surface area contributed by atoms with Crippen LogP contribution in [0.2, 0.25) is 0 Å². The number of hydrogen-bond donors (Lipinski definition) is 0. The Kier molecular flexibility index (Phi) is 3.19. The van der Waals surface area contributed by atoms with Crippen LogP contribution in [0.15, 0.2) is 18.2 Å². The predicted octanol–water partition coefficient (Wildman–Crippen LogP) is 3.37. The summed E-state index contributed by atoms with van der Waals surface area (Å²) in [6.45, 7) is 6.14. The molecule has 1 aromatic carbocycles. The van der Waals surface area contributed by atoms with Gasteiger partial charge in [0, 0.05) is 13.1 Å². The summed E-state index contributed by atoms with van der Waals surface area (Å²) in [6.07, 6.45) is 6.66. The van der Waals surface area contributed by atoms with Crippen molar-refractivity contribution in [2.45, 2.75) is 44.9 Å². The lowest BCUT2D eigenvalue weighted by atomic mass is 9.80. The van der Waals surface area contributed by atoms with E-state index in [1.807, 2.05) is 0 Å². The molecule has 0 amide bonds. The second-order valence-electron chi connectivity index (χ2n) is 5.63. The Morgan fingerprint density at radius 1 is 1.24 bits per heavy atom. The summed E-state index contributed by atoms with van der Waals surface area (Å²) < 4.78 is 0. The van der Waals surface area contributed by atoms with Gasteiger partial charge in [-0.05, 0) is 61.3 Å². The maximum atomic E-state index is 2.68. The van der Waals surface area contributed by atoms with Crippen molar-refractivity contribution in [3.8, 4) is 0 Å². The van der Waals surface area contributed by atoms with Crippen LogP contribution in [0.1, 0.15) is 48.8 Å². The van der Waals surface area contributed by atoms with E-state index in [4.69, 9.17) is 0 Å². The monoisotopic (exact) mass is 229 g/mol. The van der Waals surface area contributed by atoms with Gasteiger partial charge in [0.2, 0.25) is 0 Å². The largest absolute Gasteiger partial charge is 0.302 e. The van der Waals surface area contributed by atoms with E-state index in [-0.39, 0.29) is 0 Å². The number of hydrogen-bond acceptors (Lipinski definition) is 1. The summed E-state index contributed by atoms with van der Waals surface area (Å²) in [4.78, 5) is 2.68. The third kappa shape index (κ3) is 2.13. The van der Waals surface area contributed by atoms with Crippen molar-refractivity contribution in [1.29, 1.82) is 0 Å². The molecule has 1 aliphatic carbocycles. The van der Waals surface area contributed by atoms with E-state index in [0.29, 0.717) is 0 Å². The summed E-state index contributed by atoms with van der Waals surface area (Å²) >= 11 is 0. The molecule has 92 valence electrons. The molecular weight excluding hydrogens is 206 g/mol. The summed E-state index contributed by atoms with van der Waals surface area (Å²) in [7, 11) is 0. The first-order valence-corrected chi connectivity index (χ1v) is 7.21. The lowest BCUT2D eigenvalue weighted by molar-refractivity contribution is 0.260. The van der Waals surface area contributed by atoms with Crippen LogP contribution in [-0.2, 0) is 12.8 Å². The number of rotatable bonds is 2. The number of nitrogens with zero attached hydrogens (tertiary/aromatic N) is 1. The SMILES string of the molecule is CCCN1CCc2cccc3c2[C@@H](CCC3)C1. The van der Waals surface area contributed by atoms with Gasteiger partial charge < -0.3 is 4.90 Å². The zero-order chi connectivity index (χ0) is 11.7. The third-order valence-corrected chi connectivity index (χ3v) is 4.41. The average molecular weight is 229 g/mol. The van der Waals surface area contributed by atoms with Gasteiger partial charge >= 0.3 is 0 Å². The fourth-order valence-corrected chi connectivity index (χ4v) is 3.69. The Morgan fingerprint density at radius 3 is 2.88 bits per heavy atom. The van der Waals surface area contributed by atoms with E-state index in [1.54, 1.807) is 16.7 Å². The van der Waals surface area contributed by atoms with Crippen molar-refractivity contribution in [1.82, 2.24) is 4.90 Å². The number of aryl methyl sites for hydroxylation is 1. The minimum absolute atomic E-state index is 0.823. The van der Waals surface area contributed by atoms with Crippen LogP contribution in [0.5, 0.6) is 0 Å². The van der Waals surface area contributed by atoms with E-state index < -0.39 is 0 Å². The van der Waals surface area contributed by atoms with Crippen molar-refractivity contribution in [3.63, 3.8) is 0 Å². The molecular formula is C16H23N. The molecule has 0 unspecified atom stereocenters. The molecule has 17 heavy (non-hydrogen) atoms. The van der Waals surface area contributed by atoms with Gasteiger partial charge in [-0.3, -0.25) is 0 Å². The minimum Gasteiger partial charge on any atom is -0.302 e. The van der Waals surface area contributed by atoms with Crippen molar-refractivity contribution >= 4 is 0 Å². The highest BCUT2D eigenvalue weighted by Gasteiger charge is 2.27. The van der Waals surface area contributed by atoms with Crippen molar-refractivity contribution < 1.29 is 0 Å². The maximum Gasteiger partial charge on any atom is 0.00506 e. The van der Waals surface area contributed by atoms with Crippen LogP contribution < -0.4 is 0 Å². The second kappa shape index (κ2) is 4.81. The summed E-state index contributed by atoms with van der Waals surface area (Å²) in [5.74, 6) is 0.823. The third-order valence-electron chi connectivity index (χ3n) is 4.41. The van der Waals surface area contributed by atoms with E-state index in [9.17, 15) is 0 Å². The van der Waals surface area contributed by atoms with E-state index in [0.717, 1.165) is 5.92 Å². The van der Waals surface area contributed by atoms with E-state index >= 15 is 0 Å². The Hall–Kier alpha value is -0.820. The average Bonchev–Trinajstić information content (AvgIpc) is 2.53. The van der Waals surface area contributed by atoms with E-state index in [2.05, 4.69) is 30.0 Å². The lowest BCUT2D eigenvalue weighted by Crippen LogP contribution is -2.30. The Bertz CT molecular complexity index is 397. The highest BCUT2D eigenvalue weighted by molar-refractivity contribution is 5.41. The fourth-order valence-electron chi connectivity index (χ4n) is 3.69. The van der Waals surface area contributed by atoms with Crippen LogP contribution in [0, 0.1) is 0 Å². The van der Waals surface area contributed by atoms with E-state index in [1.165, 1.54) is 51.7 Å². The van der Waals surface area contributed by atoms with Gasteiger partial charge in [0.25, 0.3) is 0 Å². The molecule has 0 radical (unpaired) electrons. The highest BCUT2D eigenvalue weighted by Crippen LogP contribution is 2.36. The first-order chi connectivity index (χ1) is 8.38.